The molecular formula is C27H31F3N2O6. The third-order valence-corrected chi connectivity index (χ3v) is 7.39. The molecule has 11 heteroatoms. The van der Waals surface area contributed by atoms with Crippen molar-refractivity contribution in [1.29, 1.82) is 0 Å². The Bertz CT molecular complexity index is 1230. The standard InChI is InChI=1S/C27H31F3N2O6/c1-17-23(33)13-24(37-15-21-14-35-10-11-36-21)32-9-6-20-12-19(2-3-22(20)25(17)32)18-4-7-31(8-5-18)26(34)38-16-27(28,29)30/h2-3,12-13,18,21H,4-11,14-16H2,1H3. The summed E-state index contributed by atoms with van der Waals surface area (Å²) in [5.41, 5.74) is 4.68. The minimum Gasteiger partial charge on any atom is -0.476 e. The predicted molar refractivity (Wildman–Crippen MR) is 132 cm³/mol. The molecule has 5 rings (SSSR count). The van der Waals surface area contributed by atoms with E-state index in [-0.39, 0.29) is 17.5 Å². The van der Waals surface area contributed by atoms with Crippen molar-refractivity contribution in [3.05, 3.63) is 51.2 Å². The first-order valence-corrected chi connectivity index (χ1v) is 12.9. The van der Waals surface area contributed by atoms with Gasteiger partial charge in [0.2, 0.25) is 0 Å². The molecule has 0 saturated carbocycles. The van der Waals surface area contributed by atoms with Crippen LogP contribution in [0.1, 0.15) is 35.4 Å². The number of carbonyl (C=O) groups excluding carboxylic acids is 1. The molecule has 0 bridgehead atoms. The largest absolute Gasteiger partial charge is 0.476 e. The zero-order valence-electron chi connectivity index (χ0n) is 21.2. The number of rotatable bonds is 5. The lowest BCUT2D eigenvalue weighted by molar-refractivity contribution is -0.162. The van der Waals surface area contributed by atoms with Crippen molar-refractivity contribution in [2.24, 2.45) is 0 Å². The summed E-state index contributed by atoms with van der Waals surface area (Å²) in [5.74, 6) is 0.703. The van der Waals surface area contributed by atoms with E-state index in [9.17, 15) is 22.8 Å². The molecule has 206 valence electrons. The van der Waals surface area contributed by atoms with Crippen molar-refractivity contribution in [2.45, 2.75) is 50.9 Å². The average Bonchev–Trinajstić information content (AvgIpc) is 2.92. The smallest absolute Gasteiger partial charge is 0.422 e. The van der Waals surface area contributed by atoms with Gasteiger partial charge in [0.1, 0.15) is 12.7 Å². The maximum atomic E-state index is 12.8. The fraction of sp³-hybridized carbons (Fsp3) is 0.556. The second-order valence-corrected chi connectivity index (χ2v) is 9.95. The molecule has 0 aliphatic carbocycles. The number of fused-ring (bicyclic) bond motifs is 3. The molecule has 8 nitrogen and oxygen atoms in total. The van der Waals surface area contributed by atoms with Crippen molar-refractivity contribution in [2.75, 3.05) is 46.1 Å². The number of amides is 1. The second-order valence-electron chi connectivity index (χ2n) is 9.95. The van der Waals surface area contributed by atoms with Gasteiger partial charge in [-0.2, -0.15) is 13.2 Å². The number of alkyl halides is 3. The molecule has 1 aromatic carbocycles. The van der Waals surface area contributed by atoms with E-state index in [1.54, 1.807) is 0 Å². The SMILES string of the molecule is Cc1c2n(c(OCC3COCCO3)cc1=O)CCc1cc(C3CCN(C(=O)OCC(F)(F)F)CC3)ccc1-2. The molecule has 2 aromatic rings. The van der Waals surface area contributed by atoms with E-state index in [1.807, 2.05) is 23.6 Å². The molecular weight excluding hydrogens is 505 g/mol. The first-order valence-electron chi connectivity index (χ1n) is 12.9. The van der Waals surface area contributed by atoms with E-state index in [2.05, 4.69) is 10.8 Å². The number of carbonyl (C=O) groups is 1. The van der Waals surface area contributed by atoms with Gasteiger partial charge in [-0.05, 0) is 43.2 Å². The fourth-order valence-corrected chi connectivity index (χ4v) is 5.40. The van der Waals surface area contributed by atoms with Crippen LogP contribution in [0.4, 0.5) is 18.0 Å². The zero-order chi connectivity index (χ0) is 26.9. The molecule has 2 fully saturated rings. The Hall–Kier alpha value is -3.05. The van der Waals surface area contributed by atoms with E-state index in [1.165, 1.54) is 11.0 Å². The van der Waals surface area contributed by atoms with Crippen LogP contribution in [0.2, 0.25) is 0 Å². The summed E-state index contributed by atoms with van der Waals surface area (Å²) in [6.45, 7) is 3.45. The molecule has 3 aliphatic rings. The van der Waals surface area contributed by atoms with Gasteiger partial charge in [0.25, 0.3) is 0 Å². The summed E-state index contributed by atoms with van der Waals surface area (Å²) in [7, 11) is 0. The Morgan fingerprint density at radius 3 is 2.63 bits per heavy atom. The number of halogens is 3. The van der Waals surface area contributed by atoms with Gasteiger partial charge in [-0.3, -0.25) is 4.79 Å². The minimum atomic E-state index is -4.54. The summed E-state index contributed by atoms with van der Waals surface area (Å²) in [5, 5.41) is 0. The van der Waals surface area contributed by atoms with Crippen LogP contribution < -0.4 is 10.2 Å². The van der Waals surface area contributed by atoms with Crippen molar-refractivity contribution < 1.29 is 36.9 Å². The van der Waals surface area contributed by atoms with Crippen LogP contribution in [0.5, 0.6) is 5.88 Å². The van der Waals surface area contributed by atoms with Gasteiger partial charge in [-0.25, -0.2) is 4.79 Å². The van der Waals surface area contributed by atoms with Crippen LogP contribution in [0.3, 0.4) is 0 Å². The number of aryl methyl sites for hydroxylation is 1. The number of nitrogens with zero attached hydrogens (tertiary/aromatic N) is 2. The Labute approximate surface area is 218 Å². The van der Waals surface area contributed by atoms with Gasteiger partial charge < -0.3 is 28.4 Å². The lowest BCUT2D eigenvalue weighted by Gasteiger charge is -2.32. The molecule has 1 unspecified atom stereocenters. The molecule has 38 heavy (non-hydrogen) atoms. The van der Waals surface area contributed by atoms with Gasteiger partial charge >= 0.3 is 12.3 Å². The summed E-state index contributed by atoms with van der Waals surface area (Å²) in [4.78, 5) is 26.1. The molecule has 3 aliphatic heterocycles. The minimum absolute atomic E-state index is 0.0891. The number of likely N-dealkylation sites (tertiary alicyclic amines) is 1. The Morgan fingerprint density at radius 2 is 1.92 bits per heavy atom. The van der Waals surface area contributed by atoms with Gasteiger partial charge in [0, 0.05) is 36.8 Å². The highest BCUT2D eigenvalue weighted by molar-refractivity contribution is 5.70. The highest BCUT2D eigenvalue weighted by atomic mass is 19.4. The van der Waals surface area contributed by atoms with Gasteiger partial charge in [-0.15, -0.1) is 0 Å². The van der Waals surface area contributed by atoms with E-state index >= 15 is 0 Å². The quantitative estimate of drug-likeness (QED) is 0.574. The lowest BCUT2D eigenvalue weighted by Crippen LogP contribution is -2.39. The van der Waals surface area contributed by atoms with Gasteiger partial charge in [0.05, 0.1) is 25.5 Å². The van der Waals surface area contributed by atoms with E-state index in [0.717, 1.165) is 28.8 Å². The third kappa shape index (κ3) is 5.83. The van der Waals surface area contributed by atoms with Crippen molar-refractivity contribution in [3.63, 3.8) is 0 Å². The summed E-state index contributed by atoms with van der Waals surface area (Å²) in [6.07, 6.45) is -3.59. The fourth-order valence-electron chi connectivity index (χ4n) is 5.40. The highest BCUT2D eigenvalue weighted by Gasteiger charge is 2.32. The third-order valence-electron chi connectivity index (χ3n) is 7.39. The number of ether oxygens (including phenoxy) is 4. The lowest BCUT2D eigenvalue weighted by atomic mass is 9.85. The number of hydrogen-bond donors (Lipinski definition) is 0. The monoisotopic (exact) mass is 536 g/mol. The van der Waals surface area contributed by atoms with Crippen LogP contribution in [-0.4, -0.2) is 74.0 Å². The second kappa shape index (κ2) is 11.0. The molecule has 0 spiro atoms. The predicted octanol–water partition coefficient (Wildman–Crippen LogP) is 4.05. The maximum absolute atomic E-state index is 12.8. The van der Waals surface area contributed by atoms with Crippen molar-refractivity contribution in [3.8, 4) is 17.1 Å². The Kier molecular flexibility index (Phi) is 7.67. The van der Waals surface area contributed by atoms with Crippen LogP contribution in [0.15, 0.2) is 29.1 Å². The number of pyridine rings is 1. The molecule has 4 heterocycles. The normalized spacial score (nSPS) is 20.0. The van der Waals surface area contributed by atoms with E-state index in [0.29, 0.717) is 70.3 Å². The summed E-state index contributed by atoms with van der Waals surface area (Å²) >= 11 is 0. The molecule has 0 radical (unpaired) electrons. The molecule has 1 aromatic heterocycles. The van der Waals surface area contributed by atoms with Crippen LogP contribution in [0.25, 0.3) is 11.3 Å². The number of benzene rings is 1. The van der Waals surface area contributed by atoms with Crippen molar-refractivity contribution >= 4 is 6.09 Å². The zero-order valence-corrected chi connectivity index (χ0v) is 21.2. The first-order chi connectivity index (χ1) is 18.2. The van der Waals surface area contributed by atoms with Crippen molar-refractivity contribution in [1.82, 2.24) is 9.47 Å². The van der Waals surface area contributed by atoms with Crippen LogP contribution >= 0.6 is 0 Å². The number of aromatic nitrogens is 1. The van der Waals surface area contributed by atoms with E-state index in [4.69, 9.17) is 14.2 Å². The average molecular weight is 537 g/mol. The molecule has 2 saturated heterocycles. The van der Waals surface area contributed by atoms with E-state index < -0.39 is 18.9 Å². The van der Waals surface area contributed by atoms with Crippen LogP contribution in [0, 0.1) is 6.92 Å². The maximum Gasteiger partial charge on any atom is 0.422 e. The Morgan fingerprint density at radius 1 is 1.13 bits per heavy atom. The van der Waals surface area contributed by atoms with Crippen LogP contribution in [-0.2, 0) is 27.2 Å². The summed E-state index contributed by atoms with van der Waals surface area (Å²) in [6, 6.07) is 7.77. The molecule has 1 atom stereocenters. The number of piperidine rings is 1. The van der Waals surface area contributed by atoms with Gasteiger partial charge in [-0.1, -0.05) is 18.2 Å². The van der Waals surface area contributed by atoms with Gasteiger partial charge in [0.15, 0.2) is 17.9 Å². The topological polar surface area (TPSA) is 79.2 Å². The number of hydrogen-bond acceptors (Lipinski definition) is 6. The molecule has 1 amide bonds. The molecule has 0 N–H and O–H groups in total. The Balaban J connectivity index is 1.29. The highest BCUT2D eigenvalue weighted by Crippen LogP contribution is 2.37. The first kappa shape index (κ1) is 26.6. The summed E-state index contributed by atoms with van der Waals surface area (Å²) < 4.78 is 60.6.